The van der Waals surface area contributed by atoms with E-state index >= 15 is 0 Å². The summed E-state index contributed by atoms with van der Waals surface area (Å²) < 4.78 is 5.15. The zero-order valence-electron chi connectivity index (χ0n) is 17.3. The third-order valence-corrected chi connectivity index (χ3v) is 4.78. The van der Waals surface area contributed by atoms with Crippen molar-refractivity contribution >= 4 is 18.0 Å². The van der Waals surface area contributed by atoms with Gasteiger partial charge in [0.25, 0.3) is 0 Å². The summed E-state index contributed by atoms with van der Waals surface area (Å²) in [7, 11) is 0. The van der Waals surface area contributed by atoms with Crippen LogP contribution in [0, 0.1) is 5.92 Å². The molecule has 4 N–H and O–H groups in total. The summed E-state index contributed by atoms with van der Waals surface area (Å²) >= 11 is 0. The number of carbonyl (C=O) groups excluding carboxylic acids is 1. The summed E-state index contributed by atoms with van der Waals surface area (Å²) in [5, 5.41) is 18.5. The molecule has 0 saturated heterocycles. The Hall–Kier alpha value is -2.84. The molecule has 1 heterocycles. The fraction of sp³-hybridized carbons (Fsp3) is 0.619. The van der Waals surface area contributed by atoms with Gasteiger partial charge in [-0.3, -0.25) is 0 Å². The van der Waals surface area contributed by atoms with E-state index < -0.39 is 11.9 Å². The molecular weight excluding hydrogens is 390 g/mol. The number of nitrogens with zero attached hydrogens (tertiary/aromatic N) is 1. The molecule has 0 aliphatic heterocycles. The Morgan fingerprint density at radius 3 is 2.40 bits per heavy atom. The number of carboxylic acid groups (broad SMARTS) is 2. The molecule has 30 heavy (non-hydrogen) atoms. The van der Waals surface area contributed by atoms with Crippen LogP contribution in [0.1, 0.15) is 63.5 Å². The third kappa shape index (κ3) is 14.2. The van der Waals surface area contributed by atoms with Gasteiger partial charge in [0, 0.05) is 30.6 Å². The summed E-state index contributed by atoms with van der Waals surface area (Å²) in [6.07, 6.45) is 16.6. The number of H-pyrrole nitrogens is 1. The normalized spacial score (nSPS) is 14.0. The number of imidazole rings is 1. The molecule has 0 unspecified atom stereocenters. The number of rotatable bonds is 11. The lowest BCUT2D eigenvalue weighted by Crippen LogP contribution is -2.25. The van der Waals surface area contributed by atoms with Gasteiger partial charge in [0.2, 0.25) is 0 Å². The van der Waals surface area contributed by atoms with E-state index in [9.17, 15) is 14.4 Å². The second kappa shape index (κ2) is 16.0. The molecule has 1 aliphatic rings. The maximum absolute atomic E-state index is 11.5. The van der Waals surface area contributed by atoms with Crippen LogP contribution < -0.4 is 5.32 Å². The Morgan fingerprint density at radius 1 is 1.10 bits per heavy atom. The molecule has 1 aliphatic carbocycles. The molecule has 0 atom stereocenters. The lowest BCUT2D eigenvalue weighted by Gasteiger charge is -2.21. The van der Waals surface area contributed by atoms with Gasteiger partial charge >= 0.3 is 18.0 Å². The number of ether oxygens (including phenoxy) is 1. The zero-order chi connectivity index (χ0) is 22.0. The molecule has 1 aromatic heterocycles. The molecule has 9 nitrogen and oxygen atoms in total. The average molecular weight is 424 g/mol. The summed E-state index contributed by atoms with van der Waals surface area (Å²) in [5.74, 6) is -1.58. The van der Waals surface area contributed by atoms with E-state index in [0.29, 0.717) is 18.8 Å². The van der Waals surface area contributed by atoms with Gasteiger partial charge < -0.3 is 25.3 Å². The molecule has 0 bridgehead atoms. The molecule has 1 amide bonds. The highest BCUT2D eigenvalue weighted by Gasteiger charge is 2.12. The lowest BCUT2D eigenvalue weighted by atomic mass is 9.86. The predicted octanol–water partition coefficient (Wildman–Crippen LogP) is 3.53. The predicted molar refractivity (Wildman–Crippen MR) is 111 cm³/mol. The number of nitrogens with one attached hydrogen (secondary N) is 2. The summed E-state index contributed by atoms with van der Waals surface area (Å²) in [6, 6.07) is 0. The van der Waals surface area contributed by atoms with Crippen molar-refractivity contribution in [3.8, 4) is 0 Å². The first kappa shape index (κ1) is 25.2. The van der Waals surface area contributed by atoms with Crippen molar-refractivity contribution in [3.63, 3.8) is 0 Å². The highest BCUT2D eigenvalue weighted by Crippen LogP contribution is 2.27. The van der Waals surface area contributed by atoms with Gasteiger partial charge in [-0.2, -0.15) is 0 Å². The number of amides is 1. The number of carboxylic acids is 2. The first-order valence-electron chi connectivity index (χ1n) is 10.5. The molecule has 9 heteroatoms. The van der Waals surface area contributed by atoms with Crippen molar-refractivity contribution in [1.29, 1.82) is 0 Å². The van der Waals surface area contributed by atoms with E-state index in [-0.39, 0.29) is 6.09 Å². The molecular formula is C21H33N3O6. The smallest absolute Gasteiger partial charge is 0.407 e. The van der Waals surface area contributed by atoms with Crippen molar-refractivity contribution in [3.05, 3.63) is 30.4 Å². The highest BCUT2D eigenvalue weighted by molar-refractivity contribution is 5.89. The van der Waals surface area contributed by atoms with Gasteiger partial charge in [0.1, 0.15) is 0 Å². The number of alkyl carbamates (subject to hydrolysis) is 1. The minimum atomic E-state index is -1.26. The number of hydrogen-bond acceptors (Lipinski definition) is 5. The van der Waals surface area contributed by atoms with E-state index in [2.05, 4.69) is 15.3 Å². The van der Waals surface area contributed by atoms with Crippen LogP contribution in [-0.2, 0) is 20.7 Å². The van der Waals surface area contributed by atoms with Gasteiger partial charge in [-0.1, -0.05) is 44.9 Å². The van der Waals surface area contributed by atoms with Crippen LogP contribution in [0.4, 0.5) is 4.79 Å². The van der Waals surface area contributed by atoms with Crippen molar-refractivity contribution in [2.45, 2.75) is 64.2 Å². The second-order valence-electron chi connectivity index (χ2n) is 7.25. The number of hydrogen-bond donors (Lipinski definition) is 4. The van der Waals surface area contributed by atoms with Gasteiger partial charge in [-0.25, -0.2) is 19.4 Å². The molecule has 0 aromatic carbocycles. The number of aliphatic carboxylic acids is 2. The van der Waals surface area contributed by atoms with E-state index in [4.69, 9.17) is 14.9 Å². The SMILES string of the molecule is O=C(NCCCCC1CCCCC1)OCCCc1cnc[nH]1.O=C(O)/C=C\C(=O)O. The van der Waals surface area contributed by atoms with Crippen LogP contribution in [0.5, 0.6) is 0 Å². The Morgan fingerprint density at radius 2 is 1.80 bits per heavy atom. The second-order valence-corrected chi connectivity index (χ2v) is 7.25. The largest absolute Gasteiger partial charge is 0.478 e. The zero-order valence-corrected chi connectivity index (χ0v) is 17.3. The number of aryl methyl sites for hydroxylation is 1. The number of aromatic amines is 1. The fourth-order valence-corrected chi connectivity index (χ4v) is 3.27. The van der Waals surface area contributed by atoms with Crippen LogP contribution in [0.25, 0.3) is 0 Å². The first-order chi connectivity index (χ1) is 14.5. The van der Waals surface area contributed by atoms with Crippen molar-refractivity contribution in [1.82, 2.24) is 15.3 Å². The van der Waals surface area contributed by atoms with Crippen LogP contribution in [-0.4, -0.2) is 51.4 Å². The molecule has 1 saturated carbocycles. The van der Waals surface area contributed by atoms with Crippen LogP contribution in [0.15, 0.2) is 24.7 Å². The molecule has 0 spiro atoms. The number of aromatic nitrogens is 2. The summed E-state index contributed by atoms with van der Waals surface area (Å²) in [6.45, 7) is 1.18. The van der Waals surface area contributed by atoms with Crippen molar-refractivity contribution < 1.29 is 29.3 Å². The monoisotopic (exact) mass is 423 g/mol. The van der Waals surface area contributed by atoms with Crippen molar-refractivity contribution in [2.75, 3.05) is 13.2 Å². The molecule has 1 fully saturated rings. The molecule has 1 aromatic rings. The van der Waals surface area contributed by atoms with Crippen molar-refractivity contribution in [2.24, 2.45) is 5.92 Å². The van der Waals surface area contributed by atoms with E-state index in [1.165, 1.54) is 44.9 Å². The average Bonchev–Trinajstić information content (AvgIpc) is 3.24. The maximum atomic E-state index is 11.5. The van der Waals surface area contributed by atoms with E-state index in [0.717, 1.165) is 37.4 Å². The quantitative estimate of drug-likeness (QED) is 0.315. The minimum Gasteiger partial charge on any atom is -0.478 e. The molecule has 168 valence electrons. The van der Waals surface area contributed by atoms with Gasteiger partial charge in [-0.05, 0) is 25.2 Å². The van der Waals surface area contributed by atoms with Crippen LogP contribution in [0.3, 0.4) is 0 Å². The molecule has 0 radical (unpaired) electrons. The van der Waals surface area contributed by atoms with E-state index in [1.54, 1.807) is 12.5 Å². The molecule has 2 rings (SSSR count). The van der Waals surface area contributed by atoms with Crippen LogP contribution in [0.2, 0.25) is 0 Å². The topological polar surface area (TPSA) is 142 Å². The van der Waals surface area contributed by atoms with Crippen LogP contribution >= 0.6 is 0 Å². The third-order valence-electron chi connectivity index (χ3n) is 4.78. The fourth-order valence-electron chi connectivity index (χ4n) is 3.27. The minimum absolute atomic E-state index is 0.290. The Bertz CT molecular complexity index is 623. The Kier molecular flexibility index (Phi) is 13.4. The van der Waals surface area contributed by atoms with E-state index in [1.807, 2.05) is 0 Å². The highest BCUT2D eigenvalue weighted by atomic mass is 16.5. The van der Waals surface area contributed by atoms with Gasteiger partial charge in [-0.15, -0.1) is 0 Å². The van der Waals surface area contributed by atoms with Gasteiger partial charge in [0.15, 0.2) is 0 Å². The maximum Gasteiger partial charge on any atom is 0.407 e. The Balaban J connectivity index is 0.000000479. The lowest BCUT2D eigenvalue weighted by molar-refractivity contribution is -0.134. The number of unbranched alkanes of at least 4 members (excludes halogenated alkanes) is 1. The summed E-state index contributed by atoms with van der Waals surface area (Å²) in [5.41, 5.74) is 1.08. The van der Waals surface area contributed by atoms with Gasteiger partial charge in [0.05, 0.1) is 12.9 Å². The Labute approximate surface area is 176 Å². The number of carbonyl (C=O) groups is 3. The first-order valence-corrected chi connectivity index (χ1v) is 10.5. The standard InChI is InChI=1S/C17H29N3O2.C4H4O4/c21-17(22-12-6-10-16-13-18-14-20-16)19-11-5-4-9-15-7-2-1-3-8-15;5-3(6)1-2-4(7)8/h13-15H,1-12H2,(H,18,20)(H,19,21);1-2H,(H,5,6)(H,7,8)/b;2-1-. The summed E-state index contributed by atoms with van der Waals surface area (Å²) in [4.78, 5) is 37.6.